The summed E-state index contributed by atoms with van der Waals surface area (Å²) >= 11 is 0. The van der Waals surface area contributed by atoms with Gasteiger partial charge in [-0.15, -0.1) is 0 Å². The van der Waals surface area contributed by atoms with E-state index in [1.807, 2.05) is 24.3 Å². The maximum absolute atomic E-state index is 14.6. The van der Waals surface area contributed by atoms with Crippen molar-refractivity contribution in [2.45, 2.75) is 76.8 Å². The van der Waals surface area contributed by atoms with Gasteiger partial charge in [-0.3, -0.25) is 9.59 Å². The first-order valence-electron chi connectivity index (χ1n) is 18.3. The average molecular weight is 725 g/mol. The number of aliphatic hydroxyl groups is 1. The Hall–Kier alpha value is -4.81. The number of nitrogens with one attached hydrogen (secondary N) is 1. The van der Waals surface area contributed by atoms with Crippen molar-refractivity contribution in [2.24, 2.45) is 0 Å². The Morgan fingerprint density at radius 2 is 1.69 bits per heavy atom. The molecule has 2 N–H and O–H groups in total. The van der Waals surface area contributed by atoms with Crippen molar-refractivity contribution in [3.8, 4) is 11.3 Å². The minimum Gasteiger partial charge on any atom is -0.394 e. The number of rotatable bonds is 14. The van der Waals surface area contributed by atoms with Gasteiger partial charge in [-0.1, -0.05) is 57.0 Å². The molecule has 0 bridgehead atoms. The highest BCUT2D eigenvalue weighted by molar-refractivity contribution is 7.90. The van der Waals surface area contributed by atoms with Crippen LogP contribution < -0.4 is 14.5 Å². The van der Waals surface area contributed by atoms with E-state index in [1.54, 1.807) is 35.4 Å². The lowest BCUT2D eigenvalue weighted by Gasteiger charge is -2.36. The fraction of sp³-hybridized carbons (Fsp3) is 0.400. The van der Waals surface area contributed by atoms with E-state index in [0.29, 0.717) is 23.6 Å². The normalized spacial score (nSPS) is 15.3. The van der Waals surface area contributed by atoms with Gasteiger partial charge in [-0.2, -0.15) is 0 Å². The number of sulfonamides is 1. The van der Waals surface area contributed by atoms with Crippen molar-refractivity contribution in [1.82, 2.24) is 19.6 Å². The number of hydrogen-bond donors (Lipinski definition) is 2. The number of carbonyl (C=O) groups is 2. The number of likely N-dealkylation sites (N-methyl/N-ethyl adjacent to an activating group) is 1. The molecule has 0 saturated heterocycles. The van der Waals surface area contributed by atoms with Crippen LogP contribution in [0.5, 0.6) is 0 Å². The van der Waals surface area contributed by atoms with Crippen LogP contribution in [0.25, 0.3) is 11.3 Å². The second-order valence-electron chi connectivity index (χ2n) is 13.5. The Morgan fingerprint density at radius 1 is 0.942 bits per heavy atom. The fourth-order valence-corrected chi connectivity index (χ4v) is 8.10. The van der Waals surface area contributed by atoms with Gasteiger partial charge in [0.2, 0.25) is 5.95 Å². The van der Waals surface area contributed by atoms with E-state index in [4.69, 9.17) is 4.98 Å². The number of nitrogens with zero attached hydrogens (tertiary/aromatic N) is 5. The van der Waals surface area contributed by atoms with Crippen molar-refractivity contribution in [1.29, 1.82) is 0 Å². The molecule has 0 radical (unpaired) electrons. The predicted molar refractivity (Wildman–Crippen MR) is 203 cm³/mol. The molecule has 274 valence electrons. The third-order valence-corrected chi connectivity index (χ3v) is 11.4. The number of benzene rings is 3. The number of fused-ring (bicyclic) bond motifs is 2. The van der Waals surface area contributed by atoms with Crippen LogP contribution in [0.1, 0.15) is 83.9 Å². The molecule has 3 heterocycles. The number of hydrogen-bond acceptors (Lipinski definition) is 9. The highest BCUT2D eigenvalue weighted by atomic mass is 32.2. The van der Waals surface area contributed by atoms with Gasteiger partial charge in [-0.25, -0.2) is 23.1 Å². The number of amides is 2. The number of carbonyl (C=O) groups excluding carboxylic acids is 2. The van der Waals surface area contributed by atoms with Crippen molar-refractivity contribution in [2.75, 3.05) is 42.6 Å². The quantitative estimate of drug-likeness (QED) is 0.170. The second-order valence-corrected chi connectivity index (χ2v) is 15.2. The van der Waals surface area contributed by atoms with Gasteiger partial charge in [0.1, 0.15) is 0 Å². The molecule has 4 aromatic rings. The summed E-state index contributed by atoms with van der Waals surface area (Å²) in [6, 6.07) is 18.6. The van der Waals surface area contributed by atoms with E-state index < -0.39 is 27.9 Å². The van der Waals surface area contributed by atoms with Crippen molar-refractivity contribution in [3.63, 3.8) is 0 Å². The largest absolute Gasteiger partial charge is 0.394 e. The SMILES string of the molecule is CCCCN(CCCC)c1nccc(-c2ccc(C(=O)NS(=O)(=O)c3ccc4c(c3)CCN4CC)cc2C(=O)N2Cc3ccccc3C[C@H]2CO)n1. The summed E-state index contributed by atoms with van der Waals surface area (Å²) in [5.74, 6) is -0.691. The third kappa shape index (κ3) is 7.83. The van der Waals surface area contributed by atoms with E-state index in [2.05, 4.69) is 40.3 Å². The Morgan fingerprint density at radius 3 is 2.40 bits per heavy atom. The molecule has 52 heavy (non-hydrogen) atoms. The summed E-state index contributed by atoms with van der Waals surface area (Å²) in [5, 5.41) is 10.4. The Bertz CT molecular complexity index is 2030. The predicted octanol–water partition coefficient (Wildman–Crippen LogP) is 5.61. The van der Waals surface area contributed by atoms with Crippen LogP contribution >= 0.6 is 0 Å². The molecule has 0 saturated carbocycles. The number of unbranched alkanes of at least 4 members (excludes halogenated alkanes) is 2. The lowest BCUT2D eigenvalue weighted by Crippen LogP contribution is -2.46. The lowest BCUT2D eigenvalue weighted by atomic mass is 9.92. The van der Waals surface area contributed by atoms with Crippen molar-refractivity contribution in [3.05, 3.63) is 101 Å². The summed E-state index contributed by atoms with van der Waals surface area (Å²) in [5.41, 5.74) is 5.13. The minimum atomic E-state index is -4.22. The molecule has 1 atom stereocenters. The van der Waals surface area contributed by atoms with Gasteiger partial charge in [0, 0.05) is 61.3 Å². The molecule has 3 aromatic carbocycles. The molecule has 0 spiro atoms. The monoisotopic (exact) mass is 724 g/mol. The maximum Gasteiger partial charge on any atom is 0.265 e. The molecular formula is C40H48N6O5S. The smallest absolute Gasteiger partial charge is 0.265 e. The van der Waals surface area contributed by atoms with Crippen LogP contribution in [0.2, 0.25) is 0 Å². The lowest BCUT2D eigenvalue weighted by molar-refractivity contribution is 0.0545. The van der Waals surface area contributed by atoms with Gasteiger partial charge in [-0.05, 0) is 85.7 Å². The molecule has 6 rings (SSSR count). The van der Waals surface area contributed by atoms with E-state index in [1.165, 1.54) is 18.2 Å². The molecule has 0 fully saturated rings. The number of aromatic nitrogens is 2. The zero-order valence-corrected chi connectivity index (χ0v) is 31.0. The van der Waals surface area contributed by atoms with Crippen LogP contribution in [0, 0.1) is 0 Å². The van der Waals surface area contributed by atoms with Gasteiger partial charge >= 0.3 is 0 Å². The Balaban J connectivity index is 1.37. The van der Waals surface area contributed by atoms with E-state index in [0.717, 1.165) is 80.7 Å². The summed E-state index contributed by atoms with van der Waals surface area (Å²) in [6.07, 6.45) is 6.89. The highest BCUT2D eigenvalue weighted by Gasteiger charge is 2.32. The first-order chi connectivity index (χ1) is 25.2. The molecule has 2 amide bonds. The van der Waals surface area contributed by atoms with Crippen LogP contribution in [-0.4, -0.2) is 79.0 Å². The van der Waals surface area contributed by atoms with E-state index in [9.17, 15) is 23.1 Å². The highest BCUT2D eigenvalue weighted by Crippen LogP contribution is 2.32. The van der Waals surface area contributed by atoms with E-state index >= 15 is 0 Å². The summed E-state index contributed by atoms with van der Waals surface area (Å²) in [7, 11) is -4.22. The summed E-state index contributed by atoms with van der Waals surface area (Å²) in [4.78, 5) is 43.8. The zero-order chi connectivity index (χ0) is 36.8. The van der Waals surface area contributed by atoms with Gasteiger partial charge in [0.15, 0.2) is 0 Å². The topological polar surface area (TPSA) is 136 Å². The Labute approximate surface area is 306 Å². The second kappa shape index (κ2) is 16.2. The van der Waals surface area contributed by atoms with Crippen LogP contribution in [0.4, 0.5) is 11.6 Å². The maximum atomic E-state index is 14.6. The fourth-order valence-electron chi connectivity index (χ4n) is 7.07. The van der Waals surface area contributed by atoms with E-state index in [-0.39, 0.29) is 29.2 Å². The first-order valence-corrected chi connectivity index (χ1v) is 19.8. The van der Waals surface area contributed by atoms with Crippen molar-refractivity contribution >= 4 is 33.5 Å². The summed E-state index contributed by atoms with van der Waals surface area (Å²) < 4.78 is 29.2. The number of aliphatic hydroxyl groups excluding tert-OH is 1. The standard InChI is InChI=1S/C40H48N6O5S/c1-4-7-20-45(21-8-5-2)40-41-19-17-36(42-40)34-15-13-30(25-35(34)39(49)46-26-31-12-10-9-11-28(31)23-32(46)27-47)38(48)43-52(50,51)33-14-16-37-29(24-33)18-22-44(37)6-3/h9-17,19,24-25,32,47H,4-8,18,20-23,26-27H2,1-3H3,(H,43,48)/t32-/m0/s1. The van der Waals surface area contributed by atoms with Crippen LogP contribution in [0.15, 0.2) is 77.8 Å². The van der Waals surface area contributed by atoms with Gasteiger partial charge in [0.25, 0.3) is 21.8 Å². The molecule has 0 unspecified atom stereocenters. The molecule has 2 aliphatic heterocycles. The summed E-state index contributed by atoms with van der Waals surface area (Å²) in [6.45, 7) is 9.59. The Kier molecular flexibility index (Phi) is 11.6. The molecule has 2 aliphatic rings. The van der Waals surface area contributed by atoms with Crippen molar-refractivity contribution < 1.29 is 23.1 Å². The molecule has 1 aromatic heterocycles. The third-order valence-electron chi connectivity index (χ3n) is 10.1. The van der Waals surface area contributed by atoms with Gasteiger partial charge < -0.3 is 19.8 Å². The zero-order valence-electron chi connectivity index (χ0n) is 30.2. The van der Waals surface area contributed by atoms with Gasteiger partial charge in [0.05, 0.1) is 23.2 Å². The molecule has 12 heteroatoms. The molecular weight excluding hydrogens is 677 g/mol. The average Bonchev–Trinajstić information content (AvgIpc) is 3.59. The molecule has 0 aliphatic carbocycles. The molecule has 11 nitrogen and oxygen atoms in total. The first kappa shape index (κ1) is 37.0. The number of anilines is 2. The van der Waals surface area contributed by atoms with Crippen LogP contribution in [-0.2, 0) is 29.4 Å². The van der Waals surface area contributed by atoms with Crippen LogP contribution in [0.3, 0.4) is 0 Å². The minimum absolute atomic E-state index is 0.00691.